The Morgan fingerprint density at radius 2 is 2.25 bits per heavy atom. The van der Waals surface area contributed by atoms with Gasteiger partial charge < -0.3 is 10.6 Å². The van der Waals surface area contributed by atoms with E-state index in [1.54, 1.807) is 13.2 Å². The van der Waals surface area contributed by atoms with Gasteiger partial charge in [-0.1, -0.05) is 11.6 Å². The van der Waals surface area contributed by atoms with Crippen molar-refractivity contribution < 1.29 is 0 Å². The maximum atomic E-state index is 11.5. The molecule has 0 unspecified atom stereocenters. The largest absolute Gasteiger partial charge is 0.380 e. The van der Waals surface area contributed by atoms with Crippen molar-refractivity contribution in [2.75, 3.05) is 18.4 Å². The third kappa shape index (κ3) is 2.36. The van der Waals surface area contributed by atoms with E-state index in [1.165, 1.54) is 4.68 Å². The number of anilines is 1. The monoisotopic (exact) mass is 242 g/mol. The van der Waals surface area contributed by atoms with Gasteiger partial charge in [0.15, 0.2) is 0 Å². The maximum absolute atomic E-state index is 11.5. The molecule has 2 rings (SSSR count). The molecule has 1 aliphatic rings. The van der Waals surface area contributed by atoms with Gasteiger partial charge in [-0.3, -0.25) is 4.79 Å². The Morgan fingerprint density at radius 3 is 2.94 bits per heavy atom. The summed E-state index contributed by atoms with van der Waals surface area (Å²) in [5.74, 6) is 0. The average molecular weight is 243 g/mol. The molecule has 0 saturated carbocycles. The molecule has 0 radical (unpaired) electrons. The lowest BCUT2D eigenvalue weighted by Gasteiger charge is -2.24. The van der Waals surface area contributed by atoms with E-state index in [9.17, 15) is 4.79 Å². The molecule has 1 aromatic rings. The Labute approximate surface area is 98.8 Å². The first kappa shape index (κ1) is 11.4. The number of hydrogen-bond donors (Lipinski definition) is 2. The Hall–Kier alpha value is -1.07. The van der Waals surface area contributed by atoms with Crippen LogP contribution in [0.3, 0.4) is 0 Å². The van der Waals surface area contributed by atoms with Crippen LogP contribution in [0.5, 0.6) is 0 Å². The maximum Gasteiger partial charge on any atom is 0.287 e. The van der Waals surface area contributed by atoms with Gasteiger partial charge in [-0.15, -0.1) is 0 Å². The molecule has 1 aromatic heterocycles. The predicted octanol–water partition coefficient (Wildman–Crippen LogP) is 0.598. The molecule has 2 N–H and O–H groups in total. The van der Waals surface area contributed by atoms with Gasteiger partial charge in [0.2, 0.25) is 0 Å². The Bertz CT molecular complexity index is 425. The minimum absolute atomic E-state index is 0.219. The summed E-state index contributed by atoms with van der Waals surface area (Å²) in [6, 6.07) is 0.368. The highest BCUT2D eigenvalue weighted by molar-refractivity contribution is 6.32. The number of rotatable bonds is 2. The molecule has 5 nitrogen and oxygen atoms in total. The van der Waals surface area contributed by atoms with Crippen LogP contribution in [0.4, 0.5) is 5.69 Å². The fraction of sp³-hybridized carbons (Fsp3) is 0.600. The number of piperidine rings is 1. The number of hydrogen-bond acceptors (Lipinski definition) is 4. The molecule has 6 heteroatoms. The predicted molar refractivity (Wildman–Crippen MR) is 64.0 cm³/mol. The van der Waals surface area contributed by atoms with E-state index in [0.29, 0.717) is 11.7 Å². The fourth-order valence-corrected chi connectivity index (χ4v) is 2.02. The Balaban J connectivity index is 2.15. The van der Waals surface area contributed by atoms with Crippen LogP contribution in [0.25, 0.3) is 0 Å². The van der Waals surface area contributed by atoms with Crippen LogP contribution in [0.2, 0.25) is 5.02 Å². The third-order valence-electron chi connectivity index (χ3n) is 2.78. The van der Waals surface area contributed by atoms with Gasteiger partial charge in [0.05, 0.1) is 11.9 Å². The molecular formula is C10H15ClN4O. The summed E-state index contributed by atoms with van der Waals surface area (Å²) >= 11 is 5.97. The molecule has 16 heavy (non-hydrogen) atoms. The zero-order valence-corrected chi connectivity index (χ0v) is 9.92. The summed E-state index contributed by atoms with van der Waals surface area (Å²) in [4.78, 5) is 11.5. The lowest BCUT2D eigenvalue weighted by atomic mass is 10.1. The van der Waals surface area contributed by atoms with Crippen LogP contribution in [0.15, 0.2) is 11.0 Å². The van der Waals surface area contributed by atoms with E-state index in [0.717, 1.165) is 25.9 Å². The molecule has 0 aliphatic carbocycles. The van der Waals surface area contributed by atoms with Gasteiger partial charge in [0, 0.05) is 13.1 Å². The van der Waals surface area contributed by atoms with E-state index in [-0.39, 0.29) is 10.6 Å². The molecule has 88 valence electrons. The number of nitrogens with zero attached hydrogens (tertiary/aromatic N) is 2. The summed E-state index contributed by atoms with van der Waals surface area (Å²) in [5, 5.41) is 10.7. The van der Waals surface area contributed by atoms with Gasteiger partial charge in [-0.25, -0.2) is 4.68 Å². The highest BCUT2D eigenvalue weighted by Gasteiger charge is 2.15. The second kappa shape index (κ2) is 4.84. The van der Waals surface area contributed by atoms with Crippen molar-refractivity contribution in [3.8, 4) is 0 Å². The first-order valence-electron chi connectivity index (χ1n) is 5.37. The van der Waals surface area contributed by atoms with Gasteiger partial charge in [-0.05, 0) is 25.9 Å². The lowest BCUT2D eigenvalue weighted by Crippen LogP contribution is -2.36. The Kier molecular flexibility index (Phi) is 3.46. The van der Waals surface area contributed by atoms with Gasteiger partial charge >= 0.3 is 0 Å². The molecule has 0 spiro atoms. The summed E-state index contributed by atoms with van der Waals surface area (Å²) in [6.07, 6.45) is 3.67. The standard InChI is InChI=1S/C10H15ClN4O/c1-15-10(16)9(11)8(6-13-15)14-7-2-4-12-5-3-7/h6-7,12,14H,2-5H2,1H3. The number of aromatic nitrogens is 2. The minimum Gasteiger partial charge on any atom is -0.380 e. The molecule has 1 aliphatic heterocycles. The lowest BCUT2D eigenvalue weighted by molar-refractivity contribution is 0.478. The Morgan fingerprint density at radius 1 is 1.56 bits per heavy atom. The molecule has 1 saturated heterocycles. The quantitative estimate of drug-likeness (QED) is 0.798. The van der Waals surface area contributed by atoms with E-state index in [2.05, 4.69) is 15.7 Å². The van der Waals surface area contributed by atoms with Crippen LogP contribution in [-0.4, -0.2) is 28.9 Å². The zero-order valence-electron chi connectivity index (χ0n) is 9.16. The van der Waals surface area contributed by atoms with E-state index in [4.69, 9.17) is 11.6 Å². The van der Waals surface area contributed by atoms with E-state index < -0.39 is 0 Å². The summed E-state index contributed by atoms with van der Waals surface area (Å²) in [6.45, 7) is 1.99. The molecule has 0 aromatic carbocycles. The fourth-order valence-electron chi connectivity index (χ4n) is 1.80. The first-order chi connectivity index (χ1) is 7.68. The smallest absolute Gasteiger partial charge is 0.287 e. The van der Waals surface area contributed by atoms with Crippen molar-refractivity contribution in [3.63, 3.8) is 0 Å². The molecule has 1 fully saturated rings. The summed E-state index contributed by atoms with van der Waals surface area (Å²) in [7, 11) is 1.59. The van der Waals surface area contributed by atoms with Crippen molar-refractivity contribution in [3.05, 3.63) is 21.6 Å². The molecule has 0 bridgehead atoms. The van der Waals surface area contributed by atoms with Crippen molar-refractivity contribution in [2.45, 2.75) is 18.9 Å². The highest BCUT2D eigenvalue weighted by atomic mass is 35.5. The van der Waals surface area contributed by atoms with E-state index in [1.807, 2.05) is 0 Å². The molecule has 0 amide bonds. The van der Waals surface area contributed by atoms with Crippen molar-refractivity contribution >= 4 is 17.3 Å². The van der Waals surface area contributed by atoms with Crippen LogP contribution < -0.4 is 16.2 Å². The summed E-state index contributed by atoms with van der Waals surface area (Å²) < 4.78 is 1.23. The SMILES string of the molecule is Cn1ncc(NC2CCNCC2)c(Cl)c1=O. The average Bonchev–Trinajstić information content (AvgIpc) is 2.31. The normalized spacial score (nSPS) is 17.4. The van der Waals surface area contributed by atoms with Crippen LogP contribution in [0, 0.1) is 0 Å². The van der Waals surface area contributed by atoms with Gasteiger partial charge in [-0.2, -0.15) is 5.10 Å². The summed E-state index contributed by atoms with van der Waals surface area (Å²) in [5.41, 5.74) is 0.372. The van der Waals surface area contributed by atoms with Crippen molar-refractivity contribution in [2.24, 2.45) is 7.05 Å². The highest BCUT2D eigenvalue weighted by Crippen LogP contribution is 2.18. The van der Waals surface area contributed by atoms with Crippen LogP contribution in [-0.2, 0) is 7.05 Å². The first-order valence-corrected chi connectivity index (χ1v) is 5.75. The molecule has 0 atom stereocenters. The zero-order chi connectivity index (χ0) is 11.5. The number of halogens is 1. The number of aryl methyl sites for hydroxylation is 1. The van der Waals surface area contributed by atoms with Crippen molar-refractivity contribution in [1.29, 1.82) is 0 Å². The van der Waals surface area contributed by atoms with Gasteiger partial charge in [0.25, 0.3) is 5.56 Å². The third-order valence-corrected chi connectivity index (χ3v) is 3.14. The second-order valence-electron chi connectivity index (χ2n) is 3.97. The van der Waals surface area contributed by atoms with E-state index >= 15 is 0 Å². The van der Waals surface area contributed by atoms with Crippen molar-refractivity contribution in [1.82, 2.24) is 15.1 Å². The molecular weight excluding hydrogens is 228 g/mol. The van der Waals surface area contributed by atoms with Crippen LogP contribution in [0.1, 0.15) is 12.8 Å². The topological polar surface area (TPSA) is 59.0 Å². The molecule has 2 heterocycles. The van der Waals surface area contributed by atoms with Crippen LogP contribution >= 0.6 is 11.6 Å². The number of nitrogens with one attached hydrogen (secondary N) is 2. The van der Waals surface area contributed by atoms with Gasteiger partial charge in [0.1, 0.15) is 5.02 Å². The minimum atomic E-state index is -0.263. The second-order valence-corrected chi connectivity index (χ2v) is 4.35.